The second-order valence-electron chi connectivity index (χ2n) is 7.96. The number of nitrogens with zero attached hydrogens (tertiary/aromatic N) is 4. The van der Waals surface area contributed by atoms with E-state index >= 15 is 0 Å². The molecule has 2 aromatic rings. The van der Waals surface area contributed by atoms with Crippen molar-refractivity contribution in [1.29, 1.82) is 0 Å². The van der Waals surface area contributed by atoms with Gasteiger partial charge in [0.2, 0.25) is 11.9 Å². The van der Waals surface area contributed by atoms with Crippen molar-refractivity contribution in [2.75, 3.05) is 5.32 Å². The van der Waals surface area contributed by atoms with Gasteiger partial charge in [-0.05, 0) is 32.3 Å². The minimum Gasteiger partial charge on any atom is -0.350 e. The molecule has 1 amide bonds. The molecule has 0 aliphatic heterocycles. The van der Waals surface area contributed by atoms with Crippen molar-refractivity contribution in [3.05, 3.63) is 29.8 Å². The van der Waals surface area contributed by atoms with Gasteiger partial charge < -0.3 is 10.6 Å². The molecule has 2 aliphatic carbocycles. The Labute approximate surface area is 155 Å². The highest BCUT2D eigenvalue weighted by molar-refractivity contribution is 5.83. The summed E-state index contributed by atoms with van der Waals surface area (Å²) in [4.78, 5) is 20.9. The molecular weight excluding hydrogens is 354 g/mol. The number of anilines is 2. The first-order chi connectivity index (χ1) is 12.7. The highest BCUT2D eigenvalue weighted by atomic mass is 19.3. The summed E-state index contributed by atoms with van der Waals surface area (Å²) in [5.41, 5.74) is 2.22. The highest BCUT2D eigenvalue weighted by Gasteiger charge is 2.62. The largest absolute Gasteiger partial charge is 0.350 e. The third-order valence-electron chi connectivity index (χ3n) is 5.32. The Morgan fingerprint density at radius 2 is 2.00 bits per heavy atom. The summed E-state index contributed by atoms with van der Waals surface area (Å²) in [5, 5.41) is 10.0. The Morgan fingerprint density at radius 3 is 2.59 bits per heavy atom. The van der Waals surface area contributed by atoms with E-state index in [0.717, 1.165) is 16.9 Å². The van der Waals surface area contributed by atoms with Crippen LogP contribution in [0.5, 0.6) is 0 Å². The van der Waals surface area contributed by atoms with Crippen molar-refractivity contribution in [1.82, 2.24) is 25.1 Å². The Hall–Kier alpha value is -2.58. The van der Waals surface area contributed by atoms with Gasteiger partial charge in [0.05, 0.1) is 17.6 Å². The monoisotopic (exact) mass is 376 g/mol. The topological polar surface area (TPSA) is 84.7 Å². The van der Waals surface area contributed by atoms with Gasteiger partial charge in [-0.15, -0.1) is 0 Å². The number of hydrogen-bond acceptors (Lipinski definition) is 5. The summed E-state index contributed by atoms with van der Waals surface area (Å²) in [5.74, 6) is -3.89. The molecule has 0 aromatic carbocycles. The fourth-order valence-electron chi connectivity index (χ4n) is 3.75. The molecule has 2 aliphatic rings. The number of aromatic nitrogens is 4. The standard InChI is InChI=1S/C18H22F2N6O/c1-10-7-21-16(23-12-8-22-26(3)9-12)24-14(10)11-4-17(2,5-11)25-15(27)13-6-18(13,19)20/h7-9,11,13H,4-6H2,1-3H3,(H,25,27)(H,21,23,24)/t11?,13-,17?/m0/s1. The predicted molar refractivity (Wildman–Crippen MR) is 94.8 cm³/mol. The number of carbonyl (C=O) groups excluding carboxylic acids is 1. The van der Waals surface area contributed by atoms with Crippen molar-refractivity contribution < 1.29 is 13.6 Å². The smallest absolute Gasteiger partial charge is 0.260 e. The van der Waals surface area contributed by atoms with Crippen molar-refractivity contribution in [3.8, 4) is 0 Å². The lowest BCUT2D eigenvalue weighted by molar-refractivity contribution is -0.127. The molecule has 2 saturated carbocycles. The average Bonchev–Trinajstić information content (AvgIpc) is 3.01. The summed E-state index contributed by atoms with van der Waals surface area (Å²) in [6.45, 7) is 3.84. The molecule has 0 unspecified atom stereocenters. The van der Waals surface area contributed by atoms with Gasteiger partial charge in [0.15, 0.2) is 0 Å². The molecule has 1 atom stereocenters. The molecule has 27 heavy (non-hydrogen) atoms. The van der Waals surface area contributed by atoms with E-state index in [1.54, 1.807) is 17.1 Å². The van der Waals surface area contributed by atoms with Crippen LogP contribution in [0.1, 0.15) is 43.4 Å². The maximum atomic E-state index is 13.1. The van der Waals surface area contributed by atoms with Gasteiger partial charge in [-0.3, -0.25) is 9.48 Å². The van der Waals surface area contributed by atoms with Gasteiger partial charge in [-0.2, -0.15) is 5.10 Å². The summed E-state index contributed by atoms with van der Waals surface area (Å²) in [6.07, 6.45) is 6.27. The number of alkyl halides is 2. The molecule has 0 bridgehead atoms. The van der Waals surface area contributed by atoms with E-state index in [9.17, 15) is 13.6 Å². The zero-order valence-electron chi connectivity index (χ0n) is 15.5. The van der Waals surface area contributed by atoms with Crippen molar-refractivity contribution >= 4 is 17.5 Å². The SMILES string of the molecule is Cc1cnc(Nc2cnn(C)c2)nc1C1CC(C)(NC(=O)[C@@H]2CC2(F)F)C1. The lowest BCUT2D eigenvalue weighted by Crippen LogP contribution is -2.55. The lowest BCUT2D eigenvalue weighted by atomic mass is 9.67. The number of halogens is 2. The van der Waals surface area contributed by atoms with E-state index < -0.39 is 23.3 Å². The number of hydrogen-bond donors (Lipinski definition) is 2. The Morgan fingerprint density at radius 1 is 1.30 bits per heavy atom. The van der Waals surface area contributed by atoms with Crippen LogP contribution in [0.2, 0.25) is 0 Å². The third-order valence-corrected chi connectivity index (χ3v) is 5.32. The molecule has 0 radical (unpaired) electrons. The Kier molecular flexibility index (Phi) is 3.94. The molecule has 2 heterocycles. The van der Waals surface area contributed by atoms with E-state index in [-0.39, 0.29) is 12.3 Å². The fourth-order valence-corrected chi connectivity index (χ4v) is 3.75. The number of amides is 1. The second-order valence-corrected chi connectivity index (χ2v) is 7.96. The fraction of sp³-hybridized carbons (Fsp3) is 0.556. The Balaban J connectivity index is 1.41. The lowest BCUT2D eigenvalue weighted by Gasteiger charge is -2.46. The molecule has 2 fully saturated rings. The van der Waals surface area contributed by atoms with E-state index in [1.165, 1.54) is 0 Å². The molecule has 9 heteroatoms. The molecule has 4 rings (SSSR count). The molecular formula is C18H22F2N6O. The molecule has 2 aromatic heterocycles. The summed E-state index contributed by atoms with van der Waals surface area (Å²) in [7, 11) is 1.83. The van der Waals surface area contributed by atoms with Crippen LogP contribution in [-0.4, -0.2) is 37.1 Å². The van der Waals surface area contributed by atoms with Crippen LogP contribution in [0.25, 0.3) is 0 Å². The van der Waals surface area contributed by atoms with Crippen LogP contribution in [0.15, 0.2) is 18.6 Å². The second kappa shape index (κ2) is 5.97. The third kappa shape index (κ3) is 3.50. The summed E-state index contributed by atoms with van der Waals surface area (Å²) < 4.78 is 27.8. The summed E-state index contributed by atoms with van der Waals surface area (Å²) >= 11 is 0. The van der Waals surface area contributed by atoms with Gasteiger partial charge in [0, 0.05) is 37.3 Å². The number of aryl methyl sites for hydroxylation is 2. The first kappa shape index (κ1) is 17.8. The number of carbonyl (C=O) groups is 1. The van der Waals surface area contributed by atoms with Gasteiger partial charge in [0.25, 0.3) is 5.92 Å². The van der Waals surface area contributed by atoms with Gasteiger partial charge in [-0.1, -0.05) is 0 Å². The van der Waals surface area contributed by atoms with Crippen LogP contribution >= 0.6 is 0 Å². The number of rotatable bonds is 5. The predicted octanol–water partition coefficient (Wildman–Crippen LogP) is 2.67. The Bertz CT molecular complexity index is 890. The van der Waals surface area contributed by atoms with Gasteiger partial charge in [0.1, 0.15) is 5.92 Å². The first-order valence-electron chi connectivity index (χ1n) is 8.94. The molecule has 2 N–H and O–H groups in total. The zero-order valence-corrected chi connectivity index (χ0v) is 15.5. The van der Waals surface area contributed by atoms with Crippen LogP contribution in [0.4, 0.5) is 20.4 Å². The van der Waals surface area contributed by atoms with E-state index in [4.69, 9.17) is 0 Å². The minimum absolute atomic E-state index is 0.160. The minimum atomic E-state index is -2.83. The average molecular weight is 376 g/mol. The van der Waals surface area contributed by atoms with Gasteiger partial charge in [-0.25, -0.2) is 18.7 Å². The highest BCUT2D eigenvalue weighted by Crippen LogP contribution is 2.50. The van der Waals surface area contributed by atoms with Crippen LogP contribution in [0.3, 0.4) is 0 Å². The van der Waals surface area contributed by atoms with Crippen LogP contribution in [-0.2, 0) is 11.8 Å². The molecule has 144 valence electrons. The zero-order chi connectivity index (χ0) is 19.4. The van der Waals surface area contributed by atoms with Crippen molar-refractivity contribution in [2.24, 2.45) is 13.0 Å². The summed E-state index contributed by atoms with van der Waals surface area (Å²) in [6, 6.07) is 0. The van der Waals surface area contributed by atoms with E-state index in [2.05, 4.69) is 25.7 Å². The molecule has 0 spiro atoms. The normalized spacial score (nSPS) is 28.3. The molecule has 7 nitrogen and oxygen atoms in total. The molecule has 0 saturated heterocycles. The maximum Gasteiger partial charge on any atom is 0.260 e. The maximum absolute atomic E-state index is 13.1. The quantitative estimate of drug-likeness (QED) is 0.838. The van der Waals surface area contributed by atoms with Crippen LogP contribution < -0.4 is 10.6 Å². The van der Waals surface area contributed by atoms with E-state index in [0.29, 0.717) is 18.8 Å². The van der Waals surface area contributed by atoms with Crippen molar-refractivity contribution in [3.63, 3.8) is 0 Å². The van der Waals surface area contributed by atoms with Gasteiger partial charge >= 0.3 is 0 Å². The number of nitrogens with one attached hydrogen (secondary N) is 2. The first-order valence-corrected chi connectivity index (χ1v) is 8.94. The van der Waals surface area contributed by atoms with Crippen LogP contribution in [0, 0.1) is 12.8 Å². The van der Waals surface area contributed by atoms with Crippen molar-refractivity contribution in [2.45, 2.75) is 50.5 Å². The van der Waals surface area contributed by atoms with E-state index in [1.807, 2.05) is 27.1 Å².